The van der Waals surface area contributed by atoms with Gasteiger partial charge in [0.1, 0.15) is 0 Å². The second-order valence-corrected chi connectivity index (χ2v) is 9.07. The molecular formula is C14H27N3O2S. The smallest absolute Gasteiger partial charge is 0.211 e. The molecule has 0 saturated heterocycles. The van der Waals surface area contributed by atoms with Gasteiger partial charge in [-0.15, -0.1) is 0 Å². The lowest BCUT2D eigenvalue weighted by Crippen LogP contribution is -2.46. The summed E-state index contributed by atoms with van der Waals surface area (Å²) in [6.07, 6.45) is 3.68. The van der Waals surface area contributed by atoms with Crippen LogP contribution in [0.4, 0.5) is 0 Å². The van der Waals surface area contributed by atoms with Crippen molar-refractivity contribution < 1.29 is 8.42 Å². The highest BCUT2D eigenvalue weighted by atomic mass is 32.2. The lowest BCUT2D eigenvalue weighted by atomic mass is 10.1. The zero-order valence-electron chi connectivity index (χ0n) is 13.6. The van der Waals surface area contributed by atoms with Crippen LogP contribution >= 0.6 is 0 Å². The summed E-state index contributed by atoms with van der Waals surface area (Å²) in [7, 11) is -3.22. The van der Waals surface area contributed by atoms with E-state index in [0.717, 1.165) is 5.69 Å². The molecule has 0 aliphatic carbocycles. The van der Waals surface area contributed by atoms with E-state index in [4.69, 9.17) is 0 Å². The molecular weight excluding hydrogens is 274 g/mol. The number of hydrogen-bond acceptors (Lipinski definition) is 3. The van der Waals surface area contributed by atoms with Crippen molar-refractivity contribution in [1.82, 2.24) is 14.1 Å². The second-order valence-electron chi connectivity index (χ2n) is 7.16. The largest absolute Gasteiger partial charge is 0.264 e. The molecule has 0 aliphatic rings. The second kappa shape index (κ2) is 5.48. The Hall–Kier alpha value is -0.880. The first-order valence-electron chi connectivity index (χ1n) is 6.84. The average Bonchev–Trinajstić information content (AvgIpc) is 2.60. The summed E-state index contributed by atoms with van der Waals surface area (Å²) in [5.41, 5.74) is 0.534. The summed E-state index contributed by atoms with van der Waals surface area (Å²) in [6.45, 7) is 12.5. The molecule has 0 spiro atoms. The fourth-order valence-corrected chi connectivity index (χ4v) is 3.76. The predicted molar refractivity (Wildman–Crippen MR) is 82.2 cm³/mol. The van der Waals surface area contributed by atoms with Gasteiger partial charge in [-0.2, -0.15) is 9.40 Å². The molecule has 1 aromatic rings. The SMILES string of the molecule is CC(C)(C)N(CCc1ccnn1C(C)(C)C)S(C)(=O)=O. The minimum absolute atomic E-state index is 0.101. The third-order valence-corrected chi connectivity index (χ3v) is 4.61. The van der Waals surface area contributed by atoms with Crippen LogP contribution in [0.15, 0.2) is 12.3 Å². The summed E-state index contributed by atoms with van der Waals surface area (Å²) in [5.74, 6) is 0. The van der Waals surface area contributed by atoms with Crippen LogP contribution in [0.25, 0.3) is 0 Å². The summed E-state index contributed by atoms with van der Waals surface area (Å²) < 4.78 is 27.3. The van der Waals surface area contributed by atoms with Crippen molar-refractivity contribution in [2.45, 2.75) is 59.0 Å². The lowest BCUT2D eigenvalue weighted by molar-refractivity contribution is 0.249. The van der Waals surface area contributed by atoms with Gasteiger partial charge in [-0.25, -0.2) is 8.42 Å². The number of hydrogen-bond donors (Lipinski definition) is 0. The summed E-state index contributed by atoms with van der Waals surface area (Å²) >= 11 is 0. The van der Waals surface area contributed by atoms with Crippen molar-refractivity contribution in [2.75, 3.05) is 12.8 Å². The zero-order valence-corrected chi connectivity index (χ0v) is 14.5. The maximum atomic E-state index is 11.9. The van der Waals surface area contributed by atoms with E-state index in [0.29, 0.717) is 13.0 Å². The third kappa shape index (κ3) is 4.31. The van der Waals surface area contributed by atoms with E-state index in [2.05, 4.69) is 25.9 Å². The minimum atomic E-state index is -3.22. The van der Waals surface area contributed by atoms with E-state index in [1.807, 2.05) is 31.5 Å². The Kier molecular flexibility index (Phi) is 4.71. The predicted octanol–water partition coefficient (Wildman–Crippen LogP) is 2.24. The van der Waals surface area contributed by atoms with E-state index in [9.17, 15) is 8.42 Å². The topological polar surface area (TPSA) is 55.2 Å². The van der Waals surface area contributed by atoms with Gasteiger partial charge in [-0.05, 0) is 47.6 Å². The van der Waals surface area contributed by atoms with E-state index in [1.54, 1.807) is 10.5 Å². The Morgan fingerprint density at radius 1 is 1.20 bits per heavy atom. The number of sulfonamides is 1. The fraction of sp³-hybridized carbons (Fsp3) is 0.786. The quantitative estimate of drug-likeness (QED) is 0.857. The first kappa shape index (κ1) is 17.2. The van der Waals surface area contributed by atoms with Crippen LogP contribution in [-0.2, 0) is 22.0 Å². The van der Waals surface area contributed by atoms with Crippen molar-refractivity contribution in [3.63, 3.8) is 0 Å². The molecule has 1 rings (SSSR count). The van der Waals surface area contributed by atoms with E-state index in [-0.39, 0.29) is 5.54 Å². The Bertz CT molecular complexity index is 548. The van der Waals surface area contributed by atoms with E-state index in [1.165, 1.54) is 6.26 Å². The van der Waals surface area contributed by atoms with Gasteiger partial charge in [0.25, 0.3) is 0 Å². The van der Waals surface area contributed by atoms with Gasteiger partial charge in [-0.1, -0.05) is 0 Å². The molecule has 0 saturated carbocycles. The van der Waals surface area contributed by atoms with Crippen LogP contribution in [0.5, 0.6) is 0 Å². The zero-order chi connectivity index (χ0) is 15.8. The maximum Gasteiger partial charge on any atom is 0.211 e. The molecule has 5 nitrogen and oxygen atoms in total. The summed E-state index contributed by atoms with van der Waals surface area (Å²) in [6, 6.07) is 1.95. The van der Waals surface area contributed by atoms with Gasteiger partial charge in [0.05, 0.1) is 11.8 Å². The van der Waals surface area contributed by atoms with Crippen molar-refractivity contribution in [1.29, 1.82) is 0 Å². The Morgan fingerprint density at radius 2 is 1.75 bits per heavy atom. The van der Waals surface area contributed by atoms with Gasteiger partial charge < -0.3 is 0 Å². The molecule has 6 heteroatoms. The highest BCUT2D eigenvalue weighted by Crippen LogP contribution is 2.20. The Labute approximate surface area is 123 Å². The van der Waals surface area contributed by atoms with Crippen LogP contribution in [0.2, 0.25) is 0 Å². The first-order valence-corrected chi connectivity index (χ1v) is 8.69. The van der Waals surface area contributed by atoms with Gasteiger partial charge in [-0.3, -0.25) is 4.68 Å². The van der Waals surface area contributed by atoms with Crippen LogP contribution < -0.4 is 0 Å². The van der Waals surface area contributed by atoms with Crippen LogP contribution in [0.3, 0.4) is 0 Å². The standard InChI is InChI=1S/C14H27N3O2S/c1-13(2,3)16(20(7,18)19)11-9-12-8-10-15-17(12)14(4,5)6/h8,10H,9,11H2,1-7H3. The van der Waals surface area contributed by atoms with Gasteiger partial charge in [0, 0.05) is 30.4 Å². The molecule has 20 heavy (non-hydrogen) atoms. The first-order chi connectivity index (χ1) is 8.83. The molecule has 1 aromatic heterocycles. The van der Waals surface area contributed by atoms with E-state index >= 15 is 0 Å². The maximum absolute atomic E-state index is 11.9. The highest BCUT2D eigenvalue weighted by molar-refractivity contribution is 7.88. The number of nitrogens with zero attached hydrogens (tertiary/aromatic N) is 3. The van der Waals surface area contributed by atoms with E-state index < -0.39 is 15.6 Å². The Balaban J connectivity index is 2.93. The monoisotopic (exact) mass is 301 g/mol. The molecule has 0 unspecified atom stereocenters. The van der Waals surface area contributed by atoms with Crippen molar-refractivity contribution in [3.05, 3.63) is 18.0 Å². The molecule has 1 heterocycles. The molecule has 0 N–H and O–H groups in total. The number of rotatable bonds is 4. The summed E-state index contributed by atoms with van der Waals surface area (Å²) in [4.78, 5) is 0. The molecule has 0 aliphatic heterocycles. The Morgan fingerprint density at radius 3 is 2.15 bits per heavy atom. The molecule has 0 amide bonds. The molecule has 116 valence electrons. The van der Waals surface area contributed by atoms with Gasteiger partial charge >= 0.3 is 0 Å². The molecule has 0 atom stereocenters. The molecule has 0 fully saturated rings. The van der Waals surface area contributed by atoms with Crippen LogP contribution in [0, 0.1) is 0 Å². The van der Waals surface area contributed by atoms with Crippen molar-refractivity contribution in [2.24, 2.45) is 0 Å². The molecule has 0 bridgehead atoms. The van der Waals surface area contributed by atoms with Crippen LogP contribution in [0.1, 0.15) is 47.2 Å². The minimum Gasteiger partial charge on any atom is -0.264 e. The van der Waals surface area contributed by atoms with Gasteiger partial charge in [0.2, 0.25) is 10.0 Å². The number of aromatic nitrogens is 2. The highest BCUT2D eigenvalue weighted by Gasteiger charge is 2.29. The normalized spacial score (nSPS) is 14.0. The summed E-state index contributed by atoms with van der Waals surface area (Å²) in [5, 5.41) is 4.34. The fourth-order valence-electron chi connectivity index (χ4n) is 2.34. The van der Waals surface area contributed by atoms with Crippen molar-refractivity contribution >= 4 is 10.0 Å². The third-order valence-electron chi connectivity index (χ3n) is 3.08. The average molecular weight is 301 g/mol. The van der Waals surface area contributed by atoms with Gasteiger partial charge in [0.15, 0.2) is 0 Å². The molecule has 0 radical (unpaired) electrons. The lowest BCUT2D eigenvalue weighted by Gasteiger charge is -2.33. The molecule has 0 aromatic carbocycles. The van der Waals surface area contributed by atoms with Crippen LogP contribution in [-0.4, -0.2) is 40.8 Å². The van der Waals surface area contributed by atoms with Crippen molar-refractivity contribution in [3.8, 4) is 0 Å².